The average Bonchev–Trinajstić information content (AvgIpc) is 3.38. The van der Waals surface area contributed by atoms with Crippen molar-refractivity contribution >= 4 is 38.8 Å². The van der Waals surface area contributed by atoms with Crippen LogP contribution in [0.2, 0.25) is 5.02 Å². The molecule has 1 aromatic carbocycles. The van der Waals surface area contributed by atoms with Crippen molar-refractivity contribution in [3.05, 3.63) is 57.0 Å². The van der Waals surface area contributed by atoms with Crippen molar-refractivity contribution in [2.45, 2.75) is 51.5 Å². The van der Waals surface area contributed by atoms with Gasteiger partial charge >= 0.3 is 0 Å². The van der Waals surface area contributed by atoms with Gasteiger partial charge in [-0.2, -0.15) is 4.52 Å². The summed E-state index contributed by atoms with van der Waals surface area (Å²) in [5.74, 6) is 0.218. The van der Waals surface area contributed by atoms with Gasteiger partial charge in [-0.3, -0.25) is 9.59 Å². The van der Waals surface area contributed by atoms with Gasteiger partial charge in [-0.1, -0.05) is 66.6 Å². The fourth-order valence-corrected chi connectivity index (χ4v) is 4.99. The summed E-state index contributed by atoms with van der Waals surface area (Å²) >= 11 is 7.55. The Morgan fingerprint density at radius 1 is 1.28 bits per heavy atom. The summed E-state index contributed by atoms with van der Waals surface area (Å²) in [7, 11) is 0. The molecule has 1 atom stereocenters. The van der Waals surface area contributed by atoms with Crippen molar-refractivity contribution in [3.8, 4) is 0 Å². The molecule has 1 fully saturated rings. The maximum Gasteiger partial charge on any atom is 0.294 e. The van der Waals surface area contributed by atoms with E-state index in [9.17, 15) is 9.59 Å². The summed E-state index contributed by atoms with van der Waals surface area (Å²) in [5.41, 5.74) is 1.44. The third-order valence-electron chi connectivity index (χ3n) is 5.27. The smallest absolute Gasteiger partial charge is 0.294 e. The molecular formula is C21H23ClN4O2S. The van der Waals surface area contributed by atoms with E-state index in [1.807, 2.05) is 42.2 Å². The number of halogens is 1. The first-order valence-electron chi connectivity index (χ1n) is 10.00. The lowest BCUT2D eigenvalue weighted by atomic mass is 10.0. The summed E-state index contributed by atoms with van der Waals surface area (Å²) in [6.45, 7) is 2.78. The summed E-state index contributed by atoms with van der Waals surface area (Å²) in [4.78, 5) is 32.6. The molecule has 3 aromatic rings. The molecule has 3 heterocycles. The van der Waals surface area contributed by atoms with Crippen LogP contribution in [0.5, 0.6) is 0 Å². The minimum absolute atomic E-state index is 0.137. The van der Waals surface area contributed by atoms with Crippen LogP contribution >= 0.6 is 22.9 Å². The number of hydrogen-bond acceptors (Lipinski definition) is 6. The number of aromatic nitrogens is 3. The zero-order valence-electron chi connectivity index (χ0n) is 16.3. The second kappa shape index (κ2) is 8.63. The molecule has 4 rings (SSSR count). The fourth-order valence-electron chi connectivity index (χ4n) is 3.78. The zero-order valence-corrected chi connectivity index (χ0v) is 17.9. The van der Waals surface area contributed by atoms with Gasteiger partial charge in [0, 0.05) is 13.0 Å². The van der Waals surface area contributed by atoms with Crippen molar-refractivity contribution in [2.24, 2.45) is 0 Å². The molecule has 0 aliphatic carbocycles. The Morgan fingerprint density at radius 3 is 2.83 bits per heavy atom. The number of carbonyl (C=O) groups is 1. The molecule has 2 aromatic heterocycles. The van der Waals surface area contributed by atoms with Gasteiger partial charge in [0.15, 0.2) is 5.78 Å². The van der Waals surface area contributed by atoms with Crippen molar-refractivity contribution in [1.29, 1.82) is 0 Å². The molecule has 0 spiro atoms. The Morgan fingerprint density at radius 2 is 2.07 bits per heavy atom. The fraction of sp³-hybridized carbons (Fsp3) is 0.429. The third kappa shape index (κ3) is 4.07. The lowest BCUT2D eigenvalue weighted by molar-refractivity contribution is -0.120. The van der Waals surface area contributed by atoms with E-state index < -0.39 is 0 Å². The number of aryl methyl sites for hydroxylation is 2. The highest BCUT2D eigenvalue weighted by Crippen LogP contribution is 2.30. The summed E-state index contributed by atoms with van der Waals surface area (Å²) < 4.78 is 1.27. The van der Waals surface area contributed by atoms with Crippen LogP contribution in [0, 0.1) is 0 Å². The maximum absolute atomic E-state index is 12.9. The normalized spacial score (nSPS) is 16.6. The summed E-state index contributed by atoms with van der Waals surface area (Å²) in [5, 5.41) is 5.26. The van der Waals surface area contributed by atoms with Crippen LogP contribution in [0.4, 0.5) is 5.13 Å². The maximum atomic E-state index is 12.9. The second-order valence-electron chi connectivity index (χ2n) is 7.31. The second-order valence-corrected chi connectivity index (χ2v) is 8.62. The van der Waals surface area contributed by atoms with Crippen LogP contribution < -0.4 is 10.5 Å². The van der Waals surface area contributed by atoms with Crippen LogP contribution in [0.3, 0.4) is 0 Å². The number of hydrogen-bond donors (Lipinski definition) is 0. The molecule has 0 amide bonds. The average molecular weight is 431 g/mol. The molecule has 0 N–H and O–H groups in total. The van der Waals surface area contributed by atoms with Crippen molar-refractivity contribution in [1.82, 2.24) is 14.6 Å². The van der Waals surface area contributed by atoms with Crippen LogP contribution in [-0.4, -0.2) is 33.0 Å². The Hall–Kier alpha value is -2.25. The number of carbonyl (C=O) groups excluding carboxylic acids is 1. The molecule has 0 bridgehead atoms. The Kier molecular flexibility index (Phi) is 5.96. The van der Waals surface area contributed by atoms with Gasteiger partial charge in [0.25, 0.3) is 5.56 Å². The quantitative estimate of drug-likeness (QED) is 0.568. The molecule has 0 saturated carbocycles. The predicted molar refractivity (Wildman–Crippen MR) is 116 cm³/mol. The van der Waals surface area contributed by atoms with E-state index in [-0.39, 0.29) is 22.4 Å². The number of anilines is 1. The largest absolute Gasteiger partial charge is 0.337 e. The monoisotopic (exact) mass is 430 g/mol. The number of rotatable bonds is 7. The first-order chi connectivity index (χ1) is 14.1. The minimum Gasteiger partial charge on any atom is -0.337 e. The number of Topliss-reactive ketones (excluding diaryl/α,β-unsaturated/α-hetero) is 1. The van der Waals surface area contributed by atoms with Gasteiger partial charge in [-0.25, -0.2) is 4.98 Å². The first kappa shape index (κ1) is 20.0. The van der Waals surface area contributed by atoms with Gasteiger partial charge in [0.2, 0.25) is 10.1 Å². The highest BCUT2D eigenvalue weighted by Gasteiger charge is 2.32. The Bertz CT molecular complexity index is 1080. The molecule has 1 saturated heterocycles. The highest BCUT2D eigenvalue weighted by atomic mass is 35.5. The van der Waals surface area contributed by atoms with Crippen molar-refractivity contribution in [3.63, 3.8) is 0 Å². The Balaban J connectivity index is 1.56. The molecule has 29 heavy (non-hydrogen) atoms. The minimum atomic E-state index is -0.339. The summed E-state index contributed by atoms with van der Waals surface area (Å²) in [6, 6.07) is 9.86. The standard InChI is InChI=1S/C21H23ClN4O2S/c1-2-7-15-18(22)19(28)26-20(23-15)29-21(24-26)25-13-6-10-16(25)17(27)12-11-14-8-4-3-5-9-14/h3-5,8-9,16H,2,6-7,10-13H2,1H3/t16-/m1/s1. The molecule has 152 valence electrons. The van der Waals surface area contributed by atoms with Gasteiger partial charge < -0.3 is 4.90 Å². The number of benzene rings is 1. The van der Waals surface area contributed by atoms with E-state index in [0.29, 0.717) is 28.6 Å². The van der Waals surface area contributed by atoms with Crippen LogP contribution in [0.1, 0.15) is 43.9 Å². The van der Waals surface area contributed by atoms with Gasteiger partial charge in [0.1, 0.15) is 5.02 Å². The topological polar surface area (TPSA) is 67.6 Å². The van der Waals surface area contributed by atoms with E-state index in [4.69, 9.17) is 11.6 Å². The molecule has 0 unspecified atom stereocenters. The van der Waals surface area contributed by atoms with E-state index in [0.717, 1.165) is 32.2 Å². The molecule has 8 heteroatoms. The van der Waals surface area contributed by atoms with Crippen LogP contribution in [-0.2, 0) is 17.6 Å². The molecule has 0 radical (unpaired) electrons. The van der Waals surface area contributed by atoms with Gasteiger partial charge in [-0.05, 0) is 31.2 Å². The lowest BCUT2D eigenvalue weighted by Crippen LogP contribution is -2.36. The number of fused-ring (bicyclic) bond motifs is 1. The molecular weight excluding hydrogens is 408 g/mol. The molecule has 1 aliphatic rings. The van der Waals surface area contributed by atoms with E-state index in [1.165, 1.54) is 21.4 Å². The van der Waals surface area contributed by atoms with Crippen LogP contribution in [0.25, 0.3) is 4.96 Å². The molecule has 6 nitrogen and oxygen atoms in total. The molecule has 1 aliphatic heterocycles. The lowest BCUT2D eigenvalue weighted by Gasteiger charge is -2.22. The number of nitrogens with zero attached hydrogens (tertiary/aromatic N) is 4. The summed E-state index contributed by atoms with van der Waals surface area (Å²) in [6.07, 6.45) is 4.50. The number of ketones is 1. The van der Waals surface area contributed by atoms with E-state index >= 15 is 0 Å². The SMILES string of the molecule is CCCc1nc2sc(N3CCC[C@@H]3C(=O)CCc3ccccc3)nn2c(=O)c1Cl. The third-order valence-corrected chi connectivity index (χ3v) is 6.60. The van der Waals surface area contributed by atoms with E-state index in [1.54, 1.807) is 0 Å². The predicted octanol–water partition coefficient (Wildman–Crippen LogP) is 3.93. The zero-order chi connectivity index (χ0) is 20.4. The van der Waals surface area contributed by atoms with Crippen molar-refractivity contribution < 1.29 is 4.79 Å². The van der Waals surface area contributed by atoms with Gasteiger partial charge in [-0.15, -0.1) is 5.10 Å². The highest BCUT2D eigenvalue weighted by molar-refractivity contribution is 7.20. The van der Waals surface area contributed by atoms with Gasteiger partial charge in [0.05, 0.1) is 11.7 Å². The van der Waals surface area contributed by atoms with E-state index in [2.05, 4.69) is 10.1 Å². The first-order valence-corrected chi connectivity index (χ1v) is 11.2. The van der Waals surface area contributed by atoms with Crippen molar-refractivity contribution in [2.75, 3.05) is 11.4 Å². The van der Waals surface area contributed by atoms with Crippen LogP contribution in [0.15, 0.2) is 35.1 Å². The Labute approximate surface area is 178 Å².